The summed E-state index contributed by atoms with van der Waals surface area (Å²) in [4.78, 5) is 17.4. The van der Waals surface area contributed by atoms with Crippen molar-refractivity contribution < 1.29 is 13.5 Å². The molecule has 0 aliphatic heterocycles. The second-order valence-corrected chi connectivity index (χ2v) is 5.97. The fraction of sp³-hybridized carbons (Fsp3) is 0.100. The first-order valence-electron chi connectivity index (χ1n) is 8.39. The van der Waals surface area contributed by atoms with E-state index in [9.17, 15) is 8.78 Å². The molecule has 0 atom stereocenters. The summed E-state index contributed by atoms with van der Waals surface area (Å²) in [6.45, 7) is 0. The van der Waals surface area contributed by atoms with Gasteiger partial charge in [-0.15, -0.1) is 0 Å². The van der Waals surface area contributed by atoms with Crippen LogP contribution in [0.25, 0.3) is 33.5 Å². The fourth-order valence-corrected chi connectivity index (χ4v) is 2.96. The third-order valence-electron chi connectivity index (χ3n) is 4.21. The number of rotatable bonds is 4. The van der Waals surface area contributed by atoms with Crippen molar-refractivity contribution in [3.63, 3.8) is 0 Å². The topological polar surface area (TPSA) is 72.8 Å². The monoisotopic (exact) mass is 379 g/mol. The first-order valence-corrected chi connectivity index (χ1v) is 8.39. The Hall–Kier alpha value is -3.68. The van der Waals surface area contributed by atoms with Gasteiger partial charge in [0, 0.05) is 30.9 Å². The minimum Gasteiger partial charge on any atom is -0.494 e. The van der Waals surface area contributed by atoms with Crippen molar-refractivity contribution in [2.45, 2.75) is 0 Å². The van der Waals surface area contributed by atoms with E-state index < -0.39 is 11.6 Å². The molecular weight excluding hydrogens is 364 g/mol. The smallest absolute Gasteiger partial charge is 0.182 e. The van der Waals surface area contributed by atoms with Gasteiger partial charge in [0.15, 0.2) is 5.82 Å². The van der Waals surface area contributed by atoms with Crippen LogP contribution in [0.1, 0.15) is 0 Å². The summed E-state index contributed by atoms with van der Waals surface area (Å²) >= 11 is 0. The van der Waals surface area contributed by atoms with Crippen LogP contribution in [0.15, 0.2) is 48.9 Å². The van der Waals surface area contributed by atoms with E-state index >= 15 is 0 Å². The van der Waals surface area contributed by atoms with Crippen LogP contribution in [0.2, 0.25) is 0 Å². The number of ether oxygens (including phenoxy) is 1. The van der Waals surface area contributed by atoms with Gasteiger partial charge in [-0.3, -0.25) is 4.98 Å². The maximum Gasteiger partial charge on any atom is 0.182 e. The molecule has 0 radical (unpaired) electrons. The largest absolute Gasteiger partial charge is 0.494 e. The highest BCUT2D eigenvalue weighted by Gasteiger charge is 2.16. The molecule has 28 heavy (non-hydrogen) atoms. The van der Waals surface area contributed by atoms with Gasteiger partial charge in [-0.25, -0.2) is 23.7 Å². The first kappa shape index (κ1) is 17.7. The van der Waals surface area contributed by atoms with Gasteiger partial charge in [0.25, 0.3) is 0 Å². The number of halogens is 2. The van der Waals surface area contributed by atoms with Gasteiger partial charge >= 0.3 is 0 Å². The van der Waals surface area contributed by atoms with E-state index in [1.165, 1.54) is 19.2 Å². The SMILES string of the molecule is CNc1nc(-c2cnccn2)nc2c(OC)cc(-c3cc(F)cc(F)c3)cc12. The molecule has 0 fully saturated rings. The molecule has 0 bridgehead atoms. The molecule has 140 valence electrons. The van der Waals surface area contributed by atoms with Gasteiger partial charge in [-0.05, 0) is 35.4 Å². The molecule has 4 aromatic rings. The molecule has 0 aliphatic rings. The number of nitrogens with zero attached hydrogens (tertiary/aromatic N) is 4. The predicted octanol–water partition coefficient (Wildman–Crippen LogP) is 4.08. The zero-order valence-electron chi connectivity index (χ0n) is 15.1. The molecular formula is C20H15F2N5O. The lowest BCUT2D eigenvalue weighted by Gasteiger charge is -2.13. The Balaban J connectivity index is 1.98. The molecule has 0 saturated carbocycles. The van der Waals surface area contributed by atoms with Crippen LogP contribution in [0.3, 0.4) is 0 Å². The molecule has 6 nitrogen and oxygen atoms in total. The molecule has 2 aromatic heterocycles. The van der Waals surface area contributed by atoms with E-state index in [0.717, 1.165) is 6.07 Å². The standard InChI is InChI=1S/C20H15F2N5O/c1-23-19-15-7-12(11-5-13(21)9-14(22)6-11)8-17(28-2)18(15)26-20(27-19)16-10-24-3-4-25-16/h3-10H,1-2H3,(H,23,26,27). The number of fused-ring (bicyclic) bond motifs is 1. The number of benzene rings is 2. The third kappa shape index (κ3) is 3.20. The average Bonchev–Trinajstić information content (AvgIpc) is 2.72. The van der Waals surface area contributed by atoms with E-state index in [0.29, 0.717) is 45.1 Å². The van der Waals surface area contributed by atoms with Crippen LogP contribution in [0.4, 0.5) is 14.6 Å². The second-order valence-electron chi connectivity index (χ2n) is 5.97. The van der Waals surface area contributed by atoms with Gasteiger partial charge in [0.05, 0.1) is 13.3 Å². The van der Waals surface area contributed by atoms with Crippen LogP contribution in [0.5, 0.6) is 5.75 Å². The zero-order valence-corrected chi connectivity index (χ0v) is 15.1. The van der Waals surface area contributed by atoms with Gasteiger partial charge in [0.2, 0.25) is 0 Å². The maximum atomic E-state index is 13.7. The van der Waals surface area contributed by atoms with Crippen LogP contribution in [0, 0.1) is 11.6 Å². The van der Waals surface area contributed by atoms with Crippen LogP contribution in [-0.4, -0.2) is 34.1 Å². The second kappa shape index (κ2) is 7.15. The molecule has 0 saturated heterocycles. The summed E-state index contributed by atoms with van der Waals surface area (Å²) in [6, 6.07) is 6.80. The minimum atomic E-state index is -0.655. The highest BCUT2D eigenvalue weighted by atomic mass is 19.1. The van der Waals surface area contributed by atoms with Crippen LogP contribution >= 0.6 is 0 Å². The van der Waals surface area contributed by atoms with E-state index in [2.05, 4.69) is 25.3 Å². The number of anilines is 1. The quantitative estimate of drug-likeness (QED) is 0.576. The number of nitrogens with one attached hydrogen (secondary N) is 1. The summed E-state index contributed by atoms with van der Waals surface area (Å²) in [5, 5.41) is 3.68. The Bertz CT molecular complexity index is 1150. The van der Waals surface area contributed by atoms with Crippen molar-refractivity contribution in [1.29, 1.82) is 0 Å². The zero-order chi connectivity index (χ0) is 19.7. The van der Waals surface area contributed by atoms with Gasteiger partial charge in [-0.1, -0.05) is 0 Å². The summed E-state index contributed by atoms with van der Waals surface area (Å²) < 4.78 is 32.8. The summed E-state index contributed by atoms with van der Waals surface area (Å²) in [7, 11) is 3.23. The maximum absolute atomic E-state index is 13.7. The van der Waals surface area contributed by atoms with E-state index in [4.69, 9.17) is 4.74 Å². The molecule has 2 heterocycles. The molecule has 8 heteroatoms. The van der Waals surface area contributed by atoms with E-state index in [1.54, 1.807) is 37.8 Å². The van der Waals surface area contributed by atoms with Crippen molar-refractivity contribution in [2.24, 2.45) is 0 Å². The lowest BCUT2D eigenvalue weighted by Crippen LogP contribution is -2.01. The van der Waals surface area contributed by atoms with Gasteiger partial charge in [0.1, 0.15) is 34.4 Å². The van der Waals surface area contributed by atoms with E-state index in [1.807, 2.05) is 0 Å². The average molecular weight is 379 g/mol. The Kier molecular flexibility index (Phi) is 4.52. The van der Waals surface area contributed by atoms with Gasteiger partial charge < -0.3 is 10.1 Å². The molecule has 1 N–H and O–H groups in total. The van der Waals surface area contributed by atoms with Crippen molar-refractivity contribution >= 4 is 16.7 Å². The first-order chi connectivity index (χ1) is 13.6. The Morgan fingerprint density at radius 2 is 1.68 bits per heavy atom. The lowest BCUT2D eigenvalue weighted by molar-refractivity contribution is 0.419. The predicted molar refractivity (Wildman–Crippen MR) is 102 cm³/mol. The highest BCUT2D eigenvalue weighted by Crippen LogP contribution is 2.35. The molecule has 4 rings (SSSR count). The van der Waals surface area contributed by atoms with Crippen molar-refractivity contribution in [1.82, 2.24) is 19.9 Å². The Labute approximate surface area is 159 Å². The molecule has 2 aromatic carbocycles. The van der Waals surface area contributed by atoms with Crippen molar-refractivity contribution in [3.8, 4) is 28.4 Å². The van der Waals surface area contributed by atoms with E-state index in [-0.39, 0.29) is 0 Å². The molecule has 0 amide bonds. The van der Waals surface area contributed by atoms with Crippen LogP contribution < -0.4 is 10.1 Å². The molecule has 0 unspecified atom stereocenters. The van der Waals surface area contributed by atoms with Gasteiger partial charge in [-0.2, -0.15) is 0 Å². The normalized spacial score (nSPS) is 10.9. The Morgan fingerprint density at radius 1 is 0.929 bits per heavy atom. The number of methoxy groups -OCH3 is 1. The number of aromatic nitrogens is 4. The third-order valence-corrected chi connectivity index (χ3v) is 4.21. The lowest BCUT2D eigenvalue weighted by atomic mass is 10.0. The number of hydrogen-bond donors (Lipinski definition) is 1. The minimum absolute atomic E-state index is 0.382. The summed E-state index contributed by atoms with van der Waals surface area (Å²) in [6.07, 6.45) is 4.69. The number of hydrogen-bond acceptors (Lipinski definition) is 6. The van der Waals surface area contributed by atoms with Crippen LogP contribution in [-0.2, 0) is 0 Å². The molecule has 0 aliphatic carbocycles. The summed E-state index contributed by atoms with van der Waals surface area (Å²) in [5.74, 6) is 0.0472. The molecule has 0 spiro atoms. The fourth-order valence-electron chi connectivity index (χ4n) is 2.96. The highest BCUT2D eigenvalue weighted by molar-refractivity contribution is 5.97. The van der Waals surface area contributed by atoms with Crippen molar-refractivity contribution in [3.05, 3.63) is 60.6 Å². The Morgan fingerprint density at radius 3 is 2.32 bits per heavy atom. The summed E-state index contributed by atoms with van der Waals surface area (Å²) in [5.41, 5.74) is 2.02. The van der Waals surface area contributed by atoms with Crippen molar-refractivity contribution in [2.75, 3.05) is 19.5 Å².